The molecule has 0 saturated heterocycles. The Morgan fingerprint density at radius 3 is 2.40 bits per heavy atom. The van der Waals surface area contributed by atoms with Gasteiger partial charge < -0.3 is 15.5 Å². The van der Waals surface area contributed by atoms with Crippen LogP contribution in [0.3, 0.4) is 0 Å². The van der Waals surface area contributed by atoms with E-state index in [1.165, 1.54) is 0 Å². The van der Waals surface area contributed by atoms with Crippen molar-refractivity contribution in [2.45, 2.75) is 6.29 Å². The van der Waals surface area contributed by atoms with Crippen molar-refractivity contribution in [1.29, 1.82) is 0 Å². The van der Waals surface area contributed by atoms with Crippen molar-refractivity contribution in [2.24, 2.45) is 0 Å². The average molecular weight is 267 g/mol. The van der Waals surface area contributed by atoms with Crippen LogP contribution in [-0.4, -0.2) is 16.1 Å². The number of aliphatic hydroxyl groups is 2. The number of nitrogens with one attached hydrogen (secondary N) is 1. The molecule has 0 fully saturated rings. The molecule has 4 nitrogen and oxygen atoms in total. The number of hydrogen-bond acceptors (Lipinski definition) is 3. The summed E-state index contributed by atoms with van der Waals surface area (Å²) < 4.78 is 0. The molecule has 0 unspecified atom stereocenters. The van der Waals surface area contributed by atoms with Gasteiger partial charge in [0, 0.05) is 22.4 Å². The van der Waals surface area contributed by atoms with Gasteiger partial charge in [0.1, 0.15) is 0 Å². The lowest BCUT2D eigenvalue weighted by atomic mass is 10.0. The standard InChI is InChI=1S/C16H13NO3/c18-15-13(12-3-1-2-4-14(12)17-15)9-10-5-7-11(8-6-10)16(19)20/h1-9,16,19-20H,(H,17,18)/b13-9+. The van der Waals surface area contributed by atoms with Gasteiger partial charge in [-0.05, 0) is 17.7 Å². The first-order valence-corrected chi connectivity index (χ1v) is 6.24. The average Bonchev–Trinajstić information content (AvgIpc) is 2.76. The van der Waals surface area contributed by atoms with E-state index in [4.69, 9.17) is 10.2 Å². The molecule has 2 aromatic carbocycles. The van der Waals surface area contributed by atoms with E-state index in [1.54, 1.807) is 30.3 Å². The third kappa shape index (κ3) is 2.22. The summed E-state index contributed by atoms with van der Waals surface area (Å²) in [5, 5.41) is 20.9. The quantitative estimate of drug-likeness (QED) is 0.577. The maximum Gasteiger partial charge on any atom is 0.256 e. The molecule has 0 aliphatic carbocycles. The Morgan fingerprint density at radius 1 is 1.00 bits per heavy atom. The van der Waals surface area contributed by atoms with Crippen LogP contribution in [0.2, 0.25) is 0 Å². The molecule has 2 aromatic rings. The Balaban J connectivity index is 1.98. The van der Waals surface area contributed by atoms with Gasteiger partial charge in [-0.2, -0.15) is 0 Å². The maximum absolute atomic E-state index is 12.0. The van der Waals surface area contributed by atoms with E-state index < -0.39 is 6.29 Å². The third-order valence-corrected chi connectivity index (χ3v) is 3.26. The Hall–Kier alpha value is -2.43. The fourth-order valence-corrected chi connectivity index (χ4v) is 2.21. The van der Waals surface area contributed by atoms with Crippen LogP contribution in [0.5, 0.6) is 0 Å². The summed E-state index contributed by atoms with van der Waals surface area (Å²) in [4.78, 5) is 12.0. The van der Waals surface area contributed by atoms with E-state index >= 15 is 0 Å². The fourth-order valence-electron chi connectivity index (χ4n) is 2.21. The summed E-state index contributed by atoms with van der Waals surface area (Å²) in [5.41, 5.74) is 3.55. The van der Waals surface area contributed by atoms with Crippen molar-refractivity contribution in [3.05, 3.63) is 65.2 Å². The number of fused-ring (bicyclic) bond motifs is 1. The highest BCUT2D eigenvalue weighted by Crippen LogP contribution is 2.32. The minimum atomic E-state index is -1.48. The molecule has 20 heavy (non-hydrogen) atoms. The molecule has 1 heterocycles. The summed E-state index contributed by atoms with van der Waals surface area (Å²) in [6.45, 7) is 0. The summed E-state index contributed by atoms with van der Waals surface area (Å²) in [6, 6.07) is 14.2. The van der Waals surface area contributed by atoms with Gasteiger partial charge in [0.05, 0.1) is 0 Å². The van der Waals surface area contributed by atoms with Gasteiger partial charge in [0.15, 0.2) is 6.29 Å². The zero-order chi connectivity index (χ0) is 14.1. The predicted octanol–water partition coefficient (Wildman–Crippen LogP) is 2.16. The van der Waals surface area contributed by atoms with E-state index in [1.807, 2.05) is 24.3 Å². The van der Waals surface area contributed by atoms with Gasteiger partial charge in [0.2, 0.25) is 0 Å². The number of benzene rings is 2. The van der Waals surface area contributed by atoms with E-state index in [-0.39, 0.29) is 5.91 Å². The molecule has 0 atom stereocenters. The molecule has 0 spiro atoms. The number of para-hydroxylation sites is 1. The van der Waals surface area contributed by atoms with Gasteiger partial charge >= 0.3 is 0 Å². The number of carbonyl (C=O) groups is 1. The first kappa shape index (κ1) is 12.6. The molecule has 0 bridgehead atoms. The first-order valence-electron chi connectivity index (χ1n) is 6.24. The Morgan fingerprint density at radius 2 is 1.70 bits per heavy atom. The Bertz CT molecular complexity index is 687. The van der Waals surface area contributed by atoms with Crippen LogP contribution >= 0.6 is 0 Å². The van der Waals surface area contributed by atoms with Crippen LogP contribution in [0.4, 0.5) is 5.69 Å². The van der Waals surface area contributed by atoms with Crippen molar-refractivity contribution in [2.75, 3.05) is 5.32 Å². The smallest absolute Gasteiger partial charge is 0.256 e. The molecule has 1 aliphatic heterocycles. The third-order valence-electron chi connectivity index (χ3n) is 3.26. The highest BCUT2D eigenvalue weighted by atomic mass is 16.5. The molecule has 4 heteroatoms. The molecule has 3 N–H and O–H groups in total. The van der Waals surface area contributed by atoms with Gasteiger partial charge in [0.25, 0.3) is 5.91 Å². The van der Waals surface area contributed by atoms with Gasteiger partial charge in [-0.1, -0.05) is 42.5 Å². The molecule has 3 rings (SSSR count). The minimum absolute atomic E-state index is 0.127. The highest BCUT2D eigenvalue weighted by molar-refractivity contribution is 6.34. The van der Waals surface area contributed by atoms with Gasteiger partial charge in [-0.15, -0.1) is 0 Å². The zero-order valence-electron chi connectivity index (χ0n) is 10.6. The van der Waals surface area contributed by atoms with Gasteiger partial charge in [-0.3, -0.25) is 4.79 Å². The SMILES string of the molecule is O=C1Nc2ccccc2/C1=C\c1ccc(C(O)O)cc1. The second kappa shape index (κ2) is 4.92. The predicted molar refractivity (Wildman–Crippen MR) is 76.6 cm³/mol. The second-order valence-corrected chi connectivity index (χ2v) is 4.60. The molecule has 0 aromatic heterocycles. The number of carbonyl (C=O) groups excluding carboxylic acids is 1. The number of aliphatic hydroxyl groups excluding tert-OH is 1. The van der Waals surface area contributed by atoms with Crippen LogP contribution in [0.15, 0.2) is 48.5 Å². The molecule has 1 aliphatic rings. The summed E-state index contributed by atoms with van der Waals surface area (Å²) in [5.74, 6) is -0.127. The van der Waals surface area contributed by atoms with Crippen molar-refractivity contribution in [3.8, 4) is 0 Å². The summed E-state index contributed by atoms with van der Waals surface area (Å²) >= 11 is 0. The van der Waals surface area contributed by atoms with Crippen LogP contribution < -0.4 is 5.32 Å². The largest absolute Gasteiger partial charge is 0.364 e. The Labute approximate surface area is 116 Å². The second-order valence-electron chi connectivity index (χ2n) is 4.60. The molecule has 0 saturated carbocycles. The number of anilines is 1. The lowest BCUT2D eigenvalue weighted by molar-refractivity contribution is -0.110. The minimum Gasteiger partial charge on any atom is -0.364 e. The van der Waals surface area contributed by atoms with Crippen LogP contribution in [0.25, 0.3) is 11.6 Å². The number of rotatable bonds is 2. The number of amides is 1. The first-order chi connectivity index (χ1) is 9.65. The van der Waals surface area contributed by atoms with Crippen molar-refractivity contribution in [1.82, 2.24) is 0 Å². The molecule has 0 radical (unpaired) electrons. The monoisotopic (exact) mass is 267 g/mol. The molecule has 1 amide bonds. The van der Waals surface area contributed by atoms with Crippen molar-refractivity contribution < 1.29 is 15.0 Å². The number of hydrogen-bond donors (Lipinski definition) is 3. The molecular formula is C16H13NO3. The normalized spacial score (nSPS) is 15.6. The lowest BCUT2D eigenvalue weighted by Crippen LogP contribution is -2.03. The van der Waals surface area contributed by atoms with E-state index in [0.717, 1.165) is 16.8 Å². The van der Waals surface area contributed by atoms with Crippen molar-refractivity contribution in [3.63, 3.8) is 0 Å². The highest BCUT2D eigenvalue weighted by Gasteiger charge is 2.23. The lowest BCUT2D eigenvalue weighted by Gasteiger charge is -2.04. The van der Waals surface area contributed by atoms with E-state index in [2.05, 4.69) is 5.32 Å². The Kier molecular flexibility index (Phi) is 3.10. The van der Waals surface area contributed by atoms with Crippen LogP contribution in [0, 0.1) is 0 Å². The molecule has 100 valence electrons. The summed E-state index contributed by atoms with van der Waals surface area (Å²) in [6.07, 6.45) is 0.307. The van der Waals surface area contributed by atoms with Gasteiger partial charge in [-0.25, -0.2) is 0 Å². The van der Waals surface area contributed by atoms with Crippen molar-refractivity contribution >= 4 is 23.2 Å². The van der Waals surface area contributed by atoms with Crippen LogP contribution in [-0.2, 0) is 4.79 Å². The van der Waals surface area contributed by atoms with E-state index in [9.17, 15) is 4.79 Å². The molecular weight excluding hydrogens is 254 g/mol. The fraction of sp³-hybridized carbons (Fsp3) is 0.0625. The summed E-state index contributed by atoms with van der Waals surface area (Å²) in [7, 11) is 0. The maximum atomic E-state index is 12.0. The zero-order valence-corrected chi connectivity index (χ0v) is 10.6. The topological polar surface area (TPSA) is 69.6 Å². The van der Waals surface area contributed by atoms with E-state index in [0.29, 0.717) is 11.1 Å². The van der Waals surface area contributed by atoms with Crippen LogP contribution in [0.1, 0.15) is 23.0 Å².